The van der Waals surface area contributed by atoms with Gasteiger partial charge >= 0.3 is 0 Å². The number of hydrogen-bond acceptors (Lipinski definition) is 2. The fourth-order valence-corrected chi connectivity index (χ4v) is 2.54. The van der Waals surface area contributed by atoms with E-state index in [1.165, 1.54) is 5.56 Å². The Morgan fingerprint density at radius 1 is 1.05 bits per heavy atom. The third-order valence-corrected chi connectivity index (χ3v) is 4.11. The molecule has 1 N–H and O–H groups in total. The number of carbonyl (C=O) groups is 1. The maximum absolute atomic E-state index is 12.4. The molecule has 1 heterocycles. The average molecular weight is 314 g/mol. The topological polar surface area (TPSA) is 42.2 Å². The molecule has 4 heteroatoms. The van der Waals surface area contributed by atoms with Crippen LogP contribution >= 0.6 is 11.6 Å². The van der Waals surface area contributed by atoms with E-state index in [2.05, 4.69) is 18.3 Å². The first kappa shape index (κ1) is 14.7. The van der Waals surface area contributed by atoms with E-state index in [9.17, 15) is 4.79 Å². The van der Waals surface area contributed by atoms with E-state index in [4.69, 9.17) is 16.0 Å². The molecule has 0 spiro atoms. The van der Waals surface area contributed by atoms with Crippen LogP contribution in [0.1, 0.15) is 27.2 Å². The van der Waals surface area contributed by atoms with Gasteiger partial charge in [-0.15, -0.1) is 0 Å². The monoisotopic (exact) mass is 313 g/mol. The van der Waals surface area contributed by atoms with Crippen molar-refractivity contribution in [3.63, 3.8) is 0 Å². The first-order chi connectivity index (χ1) is 10.5. The zero-order valence-electron chi connectivity index (χ0n) is 12.7. The Balaban J connectivity index is 1.97. The second-order valence-corrected chi connectivity index (χ2v) is 5.89. The van der Waals surface area contributed by atoms with Gasteiger partial charge in [0.25, 0.3) is 5.91 Å². The Hall–Kier alpha value is -2.26. The minimum absolute atomic E-state index is 0.258. The Kier molecular flexibility index (Phi) is 3.67. The average Bonchev–Trinajstić information content (AvgIpc) is 2.79. The maximum atomic E-state index is 12.4. The lowest BCUT2D eigenvalue weighted by Crippen LogP contribution is -2.11. The van der Waals surface area contributed by atoms with Crippen LogP contribution in [0.4, 0.5) is 5.69 Å². The SMILES string of the molecule is Cc1cc2oc(C(=O)Nc3ccc(Cl)cc3)c(C)c2cc1C. The van der Waals surface area contributed by atoms with Crippen molar-refractivity contribution in [1.29, 1.82) is 0 Å². The van der Waals surface area contributed by atoms with E-state index in [1.807, 2.05) is 19.9 Å². The smallest absolute Gasteiger partial charge is 0.291 e. The molecule has 1 aromatic heterocycles. The number of rotatable bonds is 2. The lowest BCUT2D eigenvalue weighted by Gasteiger charge is -2.03. The van der Waals surface area contributed by atoms with Crippen LogP contribution in [0.25, 0.3) is 11.0 Å². The van der Waals surface area contributed by atoms with Gasteiger partial charge in [-0.1, -0.05) is 11.6 Å². The van der Waals surface area contributed by atoms with Crippen molar-refractivity contribution in [2.45, 2.75) is 20.8 Å². The van der Waals surface area contributed by atoms with Gasteiger partial charge in [-0.3, -0.25) is 4.79 Å². The molecule has 112 valence electrons. The lowest BCUT2D eigenvalue weighted by atomic mass is 10.1. The molecule has 0 atom stereocenters. The van der Waals surface area contributed by atoms with Crippen LogP contribution < -0.4 is 5.32 Å². The highest BCUT2D eigenvalue weighted by Gasteiger charge is 2.18. The number of benzene rings is 2. The third kappa shape index (κ3) is 2.60. The normalized spacial score (nSPS) is 10.9. The van der Waals surface area contributed by atoms with Crippen molar-refractivity contribution in [3.8, 4) is 0 Å². The van der Waals surface area contributed by atoms with Crippen LogP contribution in [0.3, 0.4) is 0 Å². The quantitative estimate of drug-likeness (QED) is 0.701. The van der Waals surface area contributed by atoms with Gasteiger partial charge in [0.15, 0.2) is 5.76 Å². The van der Waals surface area contributed by atoms with Crippen LogP contribution in [-0.4, -0.2) is 5.91 Å². The van der Waals surface area contributed by atoms with Gasteiger partial charge < -0.3 is 9.73 Å². The van der Waals surface area contributed by atoms with Gasteiger partial charge in [-0.25, -0.2) is 0 Å². The van der Waals surface area contributed by atoms with Gasteiger partial charge in [-0.05, 0) is 68.3 Å². The van der Waals surface area contributed by atoms with Crippen molar-refractivity contribution in [2.75, 3.05) is 5.32 Å². The summed E-state index contributed by atoms with van der Waals surface area (Å²) in [7, 11) is 0. The number of anilines is 1. The summed E-state index contributed by atoms with van der Waals surface area (Å²) in [4.78, 5) is 12.4. The molecule has 0 unspecified atom stereocenters. The summed E-state index contributed by atoms with van der Waals surface area (Å²) < 4.78 is 5.75. The molecule has 0 saturated carbocycles. The summed E-state index contributed by atoms with van der Waals surface area (Å²) >= 11 is 5.84. The molecule has 0 aliphatic carbocycles. The number of fused-ring (bicyclic) bond motifs is 1. The minimum atomic E-state index is -0.258. The molecule has 1 amide bonds. The van der Waals surface area contributed by atoms with E-state index >= 15 is 0 Å². The van der Waals surface area contributed by atoms with Crippen molar-refractivity contribution in [1.82, 2.24) is 0 Å². The summed E-state index contributed by atoms with van der Waals surface area (Å²) in [6.45, 7) is 5.98. The van der Waals surface area contributed by atoms with E-state index in [-0.39, 0.29) is 5.91 Å². The fourth-order valence-electron chi connectivity index (χ4n) is 2.41. The van der Waals surface area contributed by atoms with E-state index in [0.29, 0.717) is 16.5 Å². The van der Waals surface area contributed by atoms with E-state index in [1.54, 1.807) is 24.3 Å². The molecule has 2 aromatic carbocycles. The first-order valence-corrected chi connectivity index (χ1v) is 7.41. The van der Waals surface area contributed by atoms with Gasteiger partial charge in [0, 0.05) is 21.7 Å². The van der Waals surface area contributed by atoms with Gasteiger partial charge in [0.05, 0.1) is 0 Å². The Morgan fingerprint density at radius 3 is 2.36 bits per heavy atom. The van der Waals surface area contributed by atoms with Crippen LogP contribution in [0.15, 0.2) is 40.8 Å². The summed E-state index contributed by atoms with van der Waals surface area (Å²) in [5.74, 6) is 0.0845. The van der Waals surface area contributed by atoms with Gasteiger partial charge in [0.2, 0.25) is 0 Å². The molecule has 0 saturated heterocycles. The second-order valence-electron chi connectivity index (χ2n) is 5.45. The highest BCUT2D eigenvalue weighted by molar-refractivity contribution is 6.30. The predicted molar refractivity (Wildman–Crippen MR) is 89.8 cm³/mol. The van der Waals surface area contributed by atoms with Crippen molar-refractivity contribution in [2.24, 2.45) is 0 Å². The number of furan rings is 1. The standard InChI is InChI=1S/C18H16ClNO2/c1-10-8-15-12(3)17(22-16(15)9-11(10)2)18(21)20-14-6-4-13(19)5-7-14/h4-9H,1-3H3,(H,20,21). The molecule has 0 fully saturated rings. The number of nitrogens with one attached hydrogen (secondary N) is 1. The summed E-state index contributed by atoms with van der Waals surface area (Å²) in [6.07, 6.45) is 0. The Bertz CT molecular complexity index is 863. The number of aryl methyl sites for hydroxylation is 3. The largest absolute Gasteiger partial charge is 0.451 e. The molecule has 0 radical (unpaired) electrons. The first-order valence-electron chi connectivity index (χ1n) is 7.03. The molecule has 0 aliphatic heterocycles. The Morgan fingerprint density at radius 2 is 1.68 bits per heavy atom. The fraction of sp³-hybridized carbons (Fsp3) is 0.167. The number of carbonyl (C=O) groups excluding carboxylic acids is 1. The molecular weight excluding hydrogens is 298 g/mol. The zero-order valence-corrected chi connectivity index (χ0v) is 13.4. The highest BCUT2D eigenvalue weighted by Crippen LogP contribution is 2.28. The molecule has 22 heavy (non-hydrogen) atoms. The van der Waals surface area contributed by atoms with E-state index < -0.39 is 0 Å². The van der Waals surface area contributed by atoms with Crippen LogP contribution in [0, 0.1) is 20.8 Å². The number of hydrogen-bond donors (Lipinski definition) is 1. The van der Waals surface area contributed by atoms with Crippen LogP contribution in [0.5, 0.6) is 0 Å². The van der Waals surface area contributed by atoms with Crippen molar-refractivity contribution < 1.29 is 9.21 Å². The van der Waals surface area contributed by atoms with Gasteiger partial charge in [0.1, 0.15) is 5.58 Å². The van der Waals surface area contributed by atoms with Crippen LogP contribution in [0.2, 0.25) is 5.02 Å². The zero-order chi connectivity index (χ0) is 15.9. The predicted octanol–water partition coefficient (Wildman–Crippen LogP) is 5.26. The van der Waals surface area contributed by atoms with Crippen molar-refractivity contribution in [3.05, 3.63) is 63.9 Å². The third-order valence-electron chi connectivity index (χ3n) is 3.86. The second kappa shape index (κ2) is 5.50. The van der Waals surface area contributed by atoms with Crippen molar-refractivity contribution >= 4 is 34.2 Å². The summed E-state index contributed by atoms with van der Waals surface area (Å²) in [5.41, 5.74) is 4.60. The number of halogens is 1. The molecule has 3 rings (SSSR count). The minimum Gasteiger partial charge on any atom is -0.451 e. The Labute approximate surface area is 133 Å². The molecule has 0 aliphatic rings. The lowest BCUT2D eigenvalue weighted by molar-refractivity contribution is 0.0998. The molecule has 3 nitrogen and oxygen atoms in total. The molecular formula is C18H16ClNO2. The maximum Gasteiger partial charge on any atom is 0.291 e. The summed E-state index contributed by atoms with van der Waals surface area (Å²) in [5, 5.41) is 4.43. The molecule has 3 aromatic rings. The highest BCUT2D eigenvalue weighted by atomic mass is 35.5. The summed E-state index contributed by atoms with van der Waals surface area (Å²) in [6, 6.07) is 11.0. The number of amides is 1. The molecule has 0 bridgehead atoms. The van der Waals surface area contributed by atoms with Gasteiger partial charge in [-0.2, -0.15) is 0 Å². The van der Waals surface area contributed by atoms with Crippen LogP contribution in [-0.2, 0) is 0 Å². The van der Waals surface area contributed by atoms with E-state index in [0.717, 1.165) is 22.1 Å².